The Balaban J connectivity index is 1.46. The Kier molecular flexibility index (Phi) is 6.30. The SMILES string of the molecule is CCOc1ccc(CNC(=O)CCC(=O)N2CCOc3ccccc32)cc1. The van der Waals surface area contributed by atoms with Gasteiger partial charge < -0.3 is 19.7 Å². The molecule has 1 aliphatic heterocycles. The summed E-state index contributed by atoms with van der Waals surface area (Å²) in [4.78, 5) is 26.3. The number of carbonyl (C=O) groups is 2. The van der Waals surface area contributed by atoms with Crippen LogP contribution in [0.3, 0.4) is 0 Å². The number of hydrogen-bond acceptors (Lipinski definition) is 4. The first-order valence-electron chi connectivity index (χ1n) is 9.18. The monoisotopic (exact) mass is 368 g/mol. The summed E-state index contributed by atoms with van der Waals surface area (Å²) in [7, 11) is 0. The molecule has 6 heteroatoms. The van der Waals surface area contributed by atoms with Crippen molar-refractivity contribution in [2.45, 2.75) is 26.3 Å². The first kappa shape index (κ1) is 18.8. The first-order chi connectivity index (χ1) is 13.2. The van der Waals surface area contributed by atoms with E-state index in [1.807, 2.05) is 55.5 Å². The lowest BCUT2D eigenvalue weighted by atomic mass is 10.2. The van der Waals surface area contributed by atoms with Gasteiger partial charge in [0.05, 0.1) is 18.8 Å². The second-order valence-corrected chi connectivity index (χ2v) is 6.22. The predicted molar refractivity (Wildman–Crippen MR) is 103 cm³/mol. The van der Waals surface area contributed by atoms with Gasteiger partial charge in [-0.05, 0) is 36.8 Å². The van der Waals surface area contributed by atoms with Gasteiger partial charge in [0.25, 0.3) is 0 Å². The highest BCUT2D eigenvalue weighted by Crippen LogP contribution is 2.31. The van der Waals surface area contributed by atoms with Crippen molar-refractivity contribution < 1.29 is 19.1 Å². The molecule has 2 amide bonds. The van der Waals surface area contributed by atoms with E-state index >= 15 is 0 Å². The summed E-state index contributed by atoms with van der Waals surface area (Å²) in [6, 6.07) is 15.0. The van der Waals surface area contributed by atoms with Crippen molar-refractivity contribution in [2.24, 2.45) is 0 Å². The first-order valence-corrected chi connectivity index (χ1v) is 9.18. The summed E-state index contributed by atoms with van der Waals surface area (Å²) in [5.41, 5.74) is 1.75. The quantitative estimate of drug-likeness (QED) is 0.816. The molecule has 6 nitrogen and oxygen atoms in total. The van der Waals surface area contributed by atoms with Crippen LogP contribution in [0, 0.1) is 0 Å². The number of benzene rings is 2. The number of hydrogen-bond donors (Lipinski definition) is 1. The van der Waals surface area contributed by atoms with E-state index in [0.717, 1.165) is 17.0 Å². The maximum atomic E-state index is 12.5. The summed E-state index contributed by atoms with van der Waals surface area (Å²) in [6.45, 7) is 3.96. The van der Waals surface area contributed by atoms with Gasteiger partial charge in [-0.15, -0.1) is 0 Å². The Labute approximate surface area is 159 Å². The van der Waals surface area contributed by atoms with E-state index in [1.165, 1.54) is 0 Å². The average Bonchev–Trinajstić information content (AvgIpc) is 2.71. The zero-order valence-electron chi connectivity index (χ0n) is 15.4. The van der Waals surface area contributed by atoms with Crippen LogP contribution in [0.4, 0.5) is 5.69 Å². The molecule has 0 radical (unpaired) electrons. The average molecular weight is 368 g/mol. The molecule has 0 saturated heterocycles. The molecule has 0 aliphatic carbocycles. The molecule has 0 atom stereocenters. The molecule has 27 heavy (non-hydrogen) atoms. The molecule has 0 unspecified atom stereocenters. The smallest absolute Gasteiger partial charge is 0.227 e. The van der Waals surface area contributed by atoms with Gasteiger partial charge in [-0.25, -0.2) is 0 Å². The molecule has 2 aromatic rings. The Hall–Kier alpha value is -3.02. The van der Waals surface area contributed by atoms with E-state index in [9.17, 15) is 9.59 Å². The molecule has 3 rings (SSSR count). The Morgan fingerprint density at radius 2 is 1.89 bits per heavy atom. The molecular formula is C21H24N2O4. The molecule has 0 bridgehead atoms. The Morgan fingerprint density at radius 1 is 1.11 bits per heavy atom. The van der Waals surface area contributed by atoms with Gasteiger partial charge in [0, 0.05) is 19.4 Å². The number of nitrogens with one attached hydrogen (secondary N) is 1. The Morgan fingerprint density at radius 3 is 2.67 bits per heavy atom. The topological polar surface area (TPSA) is 67.9 Å². The van der Waals surface area contributed by atoms with Crippen LogP contribution in [0.1, 0.15) is 25.3 Å². The predicted octanol–water partition coefficient (Wildman–Crippen LogP) is 2.91. The Bertz CT molecular complexity index is 789. The summed E-state index contributed by atoms with van der Waals surface area (Å²) >= 11 is 0. The zero-order valence-corrected chi connectivity index (χ0v) is 15.4. The highest BCUT2D eigenvalue weighted by molar-refractivity contribution is 5.97. The van der Waals surface area contributed by atoms with E-state index in [-0.39, 0.29) is 24.7 Å². The summed E-state index contributed by atoms with van der Waals surface area (Å²) in [6.07, 6.45) is 0.332. The lowest BCUT2D eigenvalue weighted by molar-refractivity contribution is -0.125. The van der Waals surface area contributed by atoms with Gasteiger partial charge in [0.2, 0.25) is 11.8 Å². The third-order valence-electron chi connectivity index (χ3n) is 4.32. The van der Waals surface area contributed by atoms with Crippen molar-refractivity contribution in [2.75, 3.05) is 24.7 Å². The fourth-order valence-corrected chi connectivity index (χ4v) is 2.94. The molecule has 2 aromatic carbocycles. The third kappa shape index (κ3) is 5.00. The maximum absolute atomic E-state index is 12.5. The molecule has 1 aliphatic rings. The number of anilines is 1. The minimum absolute atomic E-state index is 0.0676. The lowest BCUT2D eigenvalue weighted by Crippen LogP contribution is -2.38. The molecule has 0 saturated carbocycles. The standard InChI is InChI=1S/C21H24N2O4/c1-2-26-17-9-7-16(8-10-17)15-22-20(24)11-12-21(25)23-13-14-27-19-6-4-3-5-18(19)23/h3-10H,2,11-15H2,1H3,(H,22,24). The number of ether oxygens (including phenoxy) is 2. The molecule has 0 fully saturated rings. The molecular weight excluding hydrogens is 344 g/mol. The lowest BCUT2D eigenvalue weighted by Gasteiger charge is -2.29. The van der Waals surface area contributed by atoms with Gasteiger partial charge >= 0.3 is 0 Å². The normalized spacial score (nSPS) is 12.7. The largest absolute Gasteiger partial charge is 0.494 e. The fraction of sp³-hybridized carbons (Fsp3) is 0.333. The van der Waals surface area contributed by atoms with Crippen molar-refractivity contribution in [3.63, 3.8) is 0 Å². The number of amides is 2. The van der Waals surface area contributed by atoms with Crippen LogP contribution in [0.2, 0.25) is 0 Å². The van der Waals surface area contributed by atoms with Crippen LogP contribution in [0.25, 0.3) is 0 Å². The van der Waals surface area contributed by atoms with Crippen LogP contribution in [0.15, 0.2) is 48.5 Å². The van der Waals surface area contributed by atoms with Crippen LogP contribution in [-0.2, 0) is 16.1 Å². The summed E-state index contributed by atoms with van der Waals surface area (Å²) in [5.74, 6) is 1.31. The fourth-order valence-electron chi connectivity index (χ4n) is 2.94. The van der Waals surface area contributed by atoms with Crippen molar-refractivity contribution in [1.82, 2.24) is 5.32 Å². The highest BCUT2D eigenvalue weighted by Gasteiger charge is 2.23. The molecule has 0 aromatic heterocycles. The van der Waals surface area contributed by atoms with E-state index < -0.39 is 0 Å². The van der Waals surface area contributed by atoms with E-state index in [0.29, 0.717) is 32.1 Å². The summed E-state index contributed by atoms with van der Waals surface area (Å²) in [5, 5.41) is 2.85. The van der Waals surface area contributed by atoms with Crippen LogP contribution >= 0.6 is 0 Å². The third-order valence-corrected chi connectivity index (χ3v) is 4.32. The zero-order chi connectivity index (χ0) is 19.1. The van der Waals surface area contributed by atoms with Crippen LogP contribution in [-0.4, -0.2) is 31.6 Å². The minimum atomic E-state index is -0.140. The van der Waals surface area contributed by atoms with E-state index in [2.05, 4.69) is 5.32 Å². The second-order valence-electron chi connectivity index (χ2n) is 6.22. The second kappa shape index (κ2) is 9.07. The van der Waals surface area contributed by atoms with Crippen LogP contribution in [0.5, 0.6) is 11.5 Å². The van der Waals surface area contributed by atoms with Gasteiger partial charge in [0.1, 0.15) is 18.1 Å². The number of fused-ring (bicyclic) bond motifs is 1. The molecule has 1 N–H and O–H groups in total. The van der Waals surface area contributed by atoms with Gasteiger partial charge in [0.15, 0.2) is 0 Å². The van der Waals surface area contributed by atoms with Gasteiger partial charge in [-0.1, -0.05) is 24.3 Å². The van der Waals surface area contributed by atoms with Crippen molar-refractivity contribution >= 4 is 17.5 Å². The molecule has 0 spiro atoms. The number of carbonyl (C=O) groups excluding carboxylic acids is 2. The van der Waals surface area contributed by atoms with Gasteiger partial charge in [-0.2, -0.15) is 0 Å². The van der Waals surface area contributed by atoms with Crippen molar-refractivity contribution in [3.05, 3.63) is 54.1 Å². The minimum Gasteiger partial charge on any atom is -0.494 e. The van der Waals surface area contributed by atoms with Crippen molar-refractivity contribution in [3.8, 4) is 11.5 Å². The highest BCUT2D eigenvalue weighted by atomic mass is 16.5. The van der Waals surface area contributed by atoms with E-state index in [4.69, 9.17) is 9.47 Å². The number of para-hydroxylation sites is 2. The molecule has 1 heterocycles. The van der Waals surface area contributed by atoms with Crippen molar-refractivity contribution in [1.29, 1.82) is 0 Å². The van der Waals surface area contributed by atoms with Crippen LogP contribution < -0.4 is 19.7 Å². The van der Waals surface area contributed by atoms with E-state index in [1.54, 1.807) is 4.90 Å². The number of rotatable bonds is 7. The van der Waals surface area contributed by atoms with Gasteiger partial charge in [-0.3, -0.25) is 9.59 Å². The maximum Gasteiger partial charge on any atom is 0.227 e. The summed E-state index contributed by atoms with van der Waals surface area (Å²) < 4.78 is 11.0. The number of nitrogens with zero attached hydrogens (tertiary/aromatic N) is 1. The molecule has 142 valence electrons.